The van der Waals surface area contributed by atoms with Crippen molar-refractivity contribution in [3.8, 4) is 0 Å². The van der Waals surface area contributed by atoms with Crippen LogP contribution >= 0.6 is 0 Å². The van der Waals surface area contributed by atoms with Gasteiger partial charge in [0.25, 0.3) is 0 Å². The Morgan fingerprint density at radius 3 is 2.86 bits per heavy atom. The van der Waals surface area contributed by atoms with Gasteiger partial charge in [0.2, 0.25) is 12.3 Å². The summed E-state index contributed by atoms with van der Waals surface area (Å²) in [5.41, 5.74) is 0.112. The normalized spacial score (nSPS) is 28.0. The minimum atomic E-state index is -1.28. The zero-order valence-electron chi connectivity index (χ0n) is 16.4. The highest BCUT2D eigenvalue weighted by Gasteiger charge is 2.56. The molecule has 4 atom stereocenters. The van der Waals surface area contributed by atoms with Crippen LogP contribution in [0.15, 0.2) is 24.3 Å². The highest BCUT2D eigenvalue weighted by Crippen LogP contribution is 2.46. The molecular formula is C21H28N3O4. The van der Waals surface area contributed by atoms with E-state index in [2.05, 4.69) is 22.5 Å². The average molecular weight is 386 g/mol. The van der Waals surface area contributed by atoms with E-state index in [0.29, 0.717) is 24.9 Å². The van der Waals surface area contributed by atoms with Crippen LogP contribution in [0.1, 0.15) is 48.5 Å². The van der Waals surface area contributed by atoms with E-state index in [4.69, 9.17) is 0 Å². The minimum absolute atomic E-state index is 0.0595. The van der Waals surface area contributed by atoms with Gasteiger partial charge in [0.15, 0.2) is 5.78 Å². The summed E-state index contributed by atoms with van der Waals surface area (Å²) in [4.78, 5) is 39.8. The van der Waals surface area contributed by atoms with Crippen LogP contribution < -0.4 is 10.6 Å². The molecule has 1 fully saturated rings. The highest BCUT2D eigenvalue weighted by atomic mass is 16.3. The zero-order valence-corrected chi connectivity index (χ0v) is 16.4. The number of piperidine rings is 1. The fourth-order valence-corrected chi connectivity index (χ4v) is 4.54. The van der Waals surface area contributed by atoms with E-state index in [1.165, 1.54) is 0 Å². The number of carbonyl (C=O) groups is 3. The molecule has 3 rings (SSSR count). The van der Waals surface area contributed by atoms with Crippen LogP contribution in [0.3, 0.4) is 0 Å². The Hall–Kier alpha value is -2.25. The summed E-state index contributed by atoms with van der Waals surface area (Å²) in [5.74, 6) is -0.694. The topological polar surface area (TPSA) is 98.7 Å². The molecule has 3 N–H and O–H groups in total. The molecule has 1 aromatic rings. The smallest absolute Gasteiger partial charge is 0.246 e. The molecule has 4 unspecified atom stereocenters. The molecule has 151 valence electrons. The van der Waals surface area contributed by atoms with Gasteiger partial charge in [-0.05, 0) is 25.5 Å². The molecule has 0 saturated carbocycles. The monoisotopic (exact) mass is 386 g/mol. The summed E-state index contributed by atoms with van der Waals surface area (Å²) in [6.07, 6.45) is 2.91. The number of rotatable bonds is 7. The third-order valence-corrected chi connectivity index (χ3v) is 5.73. The molecule has 2 amide bonds. The molecule has 1 radical (unpaired) electrons. The largest absolute Gasteiger partial charge is 0.392 e. The van der Waals surface area contributed by atoms with Crippen molar-refractivity contribution < 1.29 is 19.5 Å². The zero-order chi connectivity index (χ0) is 20.3. The molecule has 0 aromatic heterocycles. The molecule has 7 nitrogen and oxygen atoms in total. The lowest BCUT2D eigenvalue weighted by atomic mass is 9.63. The summed E-state index contributed by atoms with van der Waals surface area (Å²) in [6, 6.07) is 7.14. The van der Waals surface area contributed by atoms with E-state index in [0.717, 1.165) is 18.5 Å². The van der Waals surface area contributed by atoms with Gasteiger partial charge in [0.1, 0.15) is 5.54 Å². The maximum absolute atomic E-state index is 13.2. The summed E-state index contributed by atoms with van der Waals surface area (Å²) in [5, 5.41) is 15.1. The number of aliphatic hydroxyl groups excluding tert-OH is 1. The van der Waals surface area contributed by atoms with E-state index < -0.39 is 11.6 Å². The molecule has 1 saturated heterocycles. The Morgan fingerprint density at radius 2 is 2.18 bits per heavy atom. The van der Waals surface area contributed by atoms with Crippen LogP contribution in [0.5, 0.6) is 0 Å². The highest BCUT2D eigenvalue weighted by molar-refractivity contribution is 6.01. The standard InChI is InChI=1S/C21H28N3O4/c1-3-9-24-10-8-21(23-13-25,20(28)22-12-14(2)26)19-16-7-5-4-6-15(16)18(27)11-17(19)24/h4-8,13-14,17,19,26H,3,9-12H2,1-2H3,(H,22,28)(H,23,25). The van der Waals surface area contributed by atoms with Crippen molar-refractivity contribution in [1.82, 2.24) is 15.5 Å². The number of nitrogens with zero attached hydrogens (tertiary/aromatic N) is 1. The molecule has 1 heterocycles. The Balaban J connectivity index is 2.09. The molecule has 0 bridgehead atoms. The molecular weight excluding hydrogens is 358 g/mol. The lowest BCUT2D eigenvalue weighted by molar-refractivity contribution is -0.132. The fourth-order valence-electron chi connectivity index (χ4n) is 4.54. The van der Waals surface area contributed by atoms with Crippen molar-refractivity contribution in [1.29, 1.82) is 0 Å². The molecule has 1 aliphatic heterocycles. The van der Waals surface area contributed by atoms with Gasteiger partial charge >= 0.3 is 0 Å². The number of amides is 2. The maximum atomic E-state index is 13.2. The van der Waals surface area contributed by atoms with Gasteiger partial charge in [-0.3, -0.25) is 19.3 Å². The van der Waals surface area contributed by atoms with Crippen molar-refractivity contribution in [2.75, 3.05) is 19.6 Å². The summed E-state index contributed by atoms with van der Waals surface area (Å²) in [6.45, 7) is 5.05. The second kappa shape index (κ2) is 8.41. The Kier molecular flexibility index (Phi) is 6.15. The number of aliphatic hydroxyl groups is 1. The number of hydrogen-bond donors (Lipinski definition) is 3. The van der Waals surface area contributed by atoms with Gasteiger partial charge in [0, 0.05) is 43.5 Å². The Bertz CT molecular complexity index is 751. The second-order valence-corrected chi connectivity index (χ2v) is 7.65. The van der Waals surface area contributed by atoms with E-state index in [9.17, 15) is 19.5 Å². The lowest BCUT2D eigenvalue weighted by Crippen LogP contribution is -2.70. The molecule has 0 spiro atoms. The molecule has 1 aromatic carbocycles. The molecule has 7 heteroatoms. The minimum Gasteiger partial charge on any atom is -0.392 e. The van der Waals surface area contributed by atoms with Crippen molar-refractivity contribution >= 4 is 18.1 Å². The first-order valence-corrected chi connectivity index (χ1v) is 9.82. The van der Waals surface area contributed by atoms with E-state index >= 15 is 0 Å². The first kappa shape index (κ1) is 20.5. The Labute approximate surface area is 165 Å². The number of nitrogens with one attached hydrogen (secondary N) is 2. The number of hydrogen-bond acceptors (Lipinski definition) is 5. The van der Waals surface area contributed by atoms with E-state index in [-0.39, 0.29) is 30.2 Å². The van der Waals surface area contributed by atoms with Crippen molar-refractivity contribution in [2.45, 2.75) is 50.3 Å². The number of carbonyl (C=O) groups excluding carboxylic acids is 3. The van der Waals surface area contributed by atoms with Crippen LogP contribution in [0, 0.1) is 6.42 Å². The van der Waals surface area contributed by atoms with Gasteiger partial charge in [-0.2, -0.15) is 0 Å². The summed E-state index contributed by atoms with van der Waals surface area (Å²) >= 11 is 0. The van der Waals surface area contributed by atoms with Crippen LogP contribution in [-0.4, -0.2) is 65.4 Å². The van der Waals surface area contributed by atoms with Gasteiger partial charge in [0.05, 0.1) is 6.10 Å². The number of likely N-dealkylation sites (tertiary alicyclic amines) is 1. The Morgan fingerprint density at radius 1 is 1.43 bits per heavy atom. The maximum Gasteiger partial charge on any atom is 0.246 e. The first-order valence-electron chi connectivity index (χ1n) is 9.82. The lowest BCUT2D eigenvalue weighted by Gasteiger charge is -2.53. The summed E-state index contributed by atoms with van der Waals surface area (Å²) < 4.78 is 0. The first-order chi connectivity index (χ1) is 13.4. The van der Waals surface area contributed by atoms with Gasteiger partial charge in [-0.1, -0.05) is 31.2 Å². The number of Topliss-reactive ketones (excluding diaryl/α,β-unsaturated/α-hetero) is 1. The number of ketones is 1. The predicted octanol–water partition coefficient (Wildman–Crippen LogP) is 0.637. The molecule has 2 aliphatic rings. The third-order valence-electron chi connectivity index (χ3n) is 5.73. The SMILES string of the molecule is CCCN1C[CH]C(NC=O)(C(=O)NCC(C)O)C2c3ccccc3C(=O)CC21. The molecule has 28 heavy (non-hydrogen) atoms. The number of fused-ring (bicyclic) bond motifs is 3. The van der Waals surface area contributed by atoms with E-state index in [1.54, 1.807) is 13.0 Å². The molecule has 1 aliphatic carbocycles. The fraction of sp³-hybridized carbons (Fsp3) is 0.524. The van der Waals surface area contributed by atoms with Crippen LogP contribution in [0.2, 0.25) is 0 Å². The average Bonchev–Trinajstić information content (AvgIpc) is 2.68. The van der Waals surface area contributed by atoms with Crippen LogP contribution in [-0.2, 0) is 9.59 Å². The summed E-state index contributed by atoms with van der Waals surface area (Å²) in [7, 11) is 0. The third kappa shape index (κ3) is 3.56. The van der Waals surface area contributed by atoms with Gasteiger partial charge in [-0.25, -0.2) is 0 Å². The number of benzene rings is 1. The van der Waals surface area contributed by atoms with Gasteiger partial charge < -0.3 is 15.7 Å². The van der Waals surface area contributed by atoms with Crippen LogP contribution in [0.25, 0.3) is 0 Å². The predicted molar refractivity (Wildman–Crippen MR) is 105 cm³/mol. The quantitative estimate of drug-likeness (QED) is 0.597. The van der Waals surface area contributed by atoms with Gasteiger partial charge in [-0.15, -0.1) is 0 Å². The van der Waals surface area contributed by atoms with Crippen molar-refractivity contribution in [2.24, 2.45) is 0 Å². The van der Waals surface area contributed by atoms with Crippen LogP contribution in [0.4, 0.5) is 0 Å². The second-order valence-electron chi connectivity index (χ2n) is 7.65. The van der Waals surface area contributed by atoms with Crippen molar-refractivity contribution in [3.05, 3.63) is 41.8 Å². The van der Waals surface area contributed by atoms with Crippen molar-refractivity contribution in [3.63, 3.8) is 0 Å². The van der Waals surface area contributed by atoms with E-state index in [1.807, 2.05) is 24.6 Å².